The molecule has 0 radical (unpaired) electrons. The van der Waals surface area contributed by atoms with Gasteiger partial charge < -0.3 is 15.2 Å². The molecule has 0 fully saturated rings. The summed E-state index contributed by atoms with van der Waals surface area (Å²) in [6, 6.07) is 3.75. The predicted octanol–water partition coefficient (Wildman–Crippen LogP) is 2.44. The summed E-state index contributed by atoms with van der Waals surface area (Å²) >= 11 is 0. The Labute approximate surface area is 103 Å². The molecule has 0 spiro atoms. The minimum absolute atomic E-state index is 0.126. The summed E-state index contributed by atoms with van der Waals surface area (Å²) in [6.07, 6.45) is 3.10. The van der Waals surface area contributed by atoms with E-state index in [2.05, 4.69) is 10.3 Å². The van der Waals surface area contributed by atoms with Crippen molar-refractivity contribution in [1.82, 2.24) is 4.98 Å². The predicted molar refractivity (Wildman–Crippen MR) is 69.4 cm³/mol. The number of hydrogen-bond donors (Lipinski definition) is 2. The molecule has 0 bridgehead atoms. The molecule has 0 saturated carbocycles. The van der Waals surface area contributed by atoms with Gasteiger partial charge in [0.1, 0.15) is 0 Å². The fourth-order valence-electron chi connectivity index (χ4n) is 1.43. The van der Waals surface area contributed by atoms with Gasteiger partial charge in [0.25, 0.3) is 0 Å². The zero-order valence-corrected chi connectivity index (χ0v) is 10.8. The molecule has 17 heavy (non-hydrogen) atoms. The van der Waals surface area contributed by atoms with Crippen molar-refractivity contribution in [3.8, 4) is 5.75 Å². The van der Waals surface area contributed by atoms with E-state index in [-0.39, 0.29) is 12.2 Å². The van der Waals surface area contributed by atoms with Crippen LogP contribution in [-0.4, -0.2) is 28.8 Å². The molecule has 2 N–H and O–H groups in total. The summed E-state index contributed by atoms with van der Waals surface area (Å²) in [5.41, 5.74) is 0. The van der Waals surface area contributed by atoms with Crippen molar-refractivity contribution in [2.24, 2.45) is 0 Å². The molecular weight excluding hydrogens is 216 g/mol. The van der Waals surface area contributed by atoms with Gasteiger partial charge in [-0.2, -0.15) is 0 Å². The zero-order valence-electron chi connectivity index (χ0n) is 10.8. The van der Waals surface area contributed by atoms with Crippen LogP contribution in [0, 0.1) is 0 Å². The Morgan fingerprint density at radius 3 is 2.88 bits per heavy atom. The second-order valence-electron chi connectivity index (χ2n) is 4.29. The fraction of sp³-hybridized carbons (Fsp3) is 0.615. The lowest BCUT2D eigenvalue weighted by Crippen LogP contribution is -2.14. The van der Waals surface area contributed by atoms with Crippen LogP contribution < -0.4 is 10.1 Å². The molecule has 96 valence electrons. The first-order valence-corrected chi connectivity index (χ1v) is 6.17. The summed E-state index contributed by atoms with van der Waals surface area (Å²) in [6.45, 7) is 6.63. The lowest BCUT2D eigenvalue weighted by atomic mass is 10.2. The Kier molecular flexibility index (Phi) is 5.77. The third kappa shape index (κ3) is 5.04. The van der Waals surface area contributed by atoms with E-state index in [9.17, 15) is 5.11 Å². The van der Waals surface area contributed by atoms with E-state index in [0.29, 0.717) is 13.0 Å². The van der Waals surface area contributed by atoms with Crippen LogP contribution in [0.5, 0.6) is 5.75 Å². The lowest BCUT2D eigenvalue weighted by molar-refractivity contribution is 0.164. The minimum atomic E-state index is -0.249. The van der Waals surface area contributed by atoms with E-state index in [1.54, 1.807) is 6.20 Å². The Hall–Kier alpha value is -1.29. The number of ether oxygens (including phenoxy) is 1. The molecule has 4 heteroatoms. The number of aliphatic hydroxyl groups excluding tert-OH is 1. The summed E-state index contributed by atoms with van der Waals surface area (Å²) in [5, 5.41) is 12.6. The first-order chi connectivity index (χ1) is 8.13. The van der Waals surface area contributed by atoms with E-state index in [1.165, 1.54) is 0 Å². The van der Waals surface area contributed by atoms with E-state index in [1.807, 2.05) is 32.9 Å². The molecule has 0 amide bonds. The maximum atomic E-state index is 9.46. The second kappa shape index (κ2) is 7.12. The van der Waals surface area contributed by atoms with Crippen LogP contribution in [0.2, 0.25) is 0 Å². The van der Waals surface area contributed by atoms with Gasteiger partial charge in [-0.1, -0.05) is 6.92 Å². The standard InChI is InChI=1S/C13H22N2O2/c1-4-11(16)7-9-15-13-12(17-10(2)3)6-5-8-14-13/h5-6,8,10-11,16H,4,7,9H2,1-3H3,(H,14,15). The number of anilines is 1. The topological polar surface area (TPSA) is 54.4 Å². The number of nitrogens with one attached hydrogen (secondary N) is 1. The molecule has 0 aromatic carbocycles. The van der Waals surface area contributed by atoms with Crippen molar-refractivity contribution < 1.29 is 9.84 Å². The summed E-state index contributed by atoms with van der Waals surface area (Å²) in [7, 11) is 0. The zero-order chi connectivity index (χ0) is 12.7. The van der Waals surface area contributed by atoms with Crippen LogP contribution in [-0.2, 0) is 0 Å². The van der Waals surface area contributed by atoms with E-state index >= 15 is 0 Å². The number of aliphatic hydroxyl groups is 1. The summed E-state index contributed by atoms with van der Waals surface area (Å²) in [5.74, 6) is 1.50. The monoisotopic (exact) mass is 238 g/mol. The highest BCUT2D eigenvalue weighted by Crippen LogP contribution is 2.21. The molecule has 0 aliphatic heterocycles. The summed E-state index contributed by atoms with van der Waals surface area (Å²) in [4.78, 5) is 4.24. The van der Waals surface area contributed by atoms with Crippen LogP contribution in [0.25, 0.3) is 0 Å². The average Bonchev–Trinajstić information content (AvgIpc) is 2.30. The third-order valence-electron chi connectivity index (χ3n) is 2.37. The van der Waals surface area contributed by atoms with Gasteiger partial charge in [0, 0.05) is 12.7 Å². The molecule has 1 aromatic heterocycles. The first-order valence-electron chi connectivity index (χ1n) is 6.17. The Balaban J connectivity index is 2.51. The van der Waals surface area contributed by atoms with Crippen LogP contribution >= 0.6 is 0 Å². The second-order valence-corrected chi connectivity index (χ2v) is 4.29. The summed E-state index contributed by atoms with van der Waals surface area (Å²) < 4.78 is 5.64. The minimum Gasteiger partial charge on any atom is -0.487 e. The van der Waals surface area contributed by atoms with Gasteiger partial charge in [0.2, 0.25) is 0 Å². The SMILES string of the molecule is CCC(O)CCNc1ncccc1OC(C)C. The molecule has 1 heterocycles. The maximum Gasteiger partial charge on any atom is 0.168 e. The van der Waals surface area contributed by atoms with Crippen LogP contribution in [0.1, 0.15) is 33.6 Å². The first kappa shape index (κ1) is 13.8. The molecule has 4 nitrogen and oxygen atoms in total. The molecule has 1 atom stereocenters. The number of aromatic nitrogens is 1. The smallest absolute Gasteiger partial charge is 0.168 e. The van der Waals surface area contributed by atoms with E-state index < -0.39 is 0 Å². The van der Waals surface area contributed by atoms with Crippen molar-refractivity contribution in [2.75, 3.05) is 11.9 Å². The van der Waals surface area contributed by atoms with E-state index in [0.717, 1.165) is 18.0 Å². The van der Waals surface area contributed by atoms with Gasteiger partial charge in [0.05, 0.1) is 12.2 Å². The van der Waals surface area contributed by atoms with Gasteiger partial charge in [-0.25, -0.2) is 4.98 Å². The molecular formula is C13H22N2O2. The number of rotatable bonds is 7. The van der Waals surface area contributed by atoms with Gasteiger partial charge in [-0.3, -0.25) is 0 Å². The quantitative estimate of drug-likeness (QED) is 0.766. The van der Waals surface area contributed by atoms with Crippen molar-refractivity contribution in [3.63, 3.8) is 0 Å². The average molecular weight is 238 g/mol. The molecule has 0 aliphatic rings. The maximum absolute atomic E-state index is 9.46. The lowest BCUT2D eigenvalue weighted by Gasteiger charge is -2.15. The van der Waals surface area contributed by atoms with Crippen molar-refractivity contribution in [3.05, 3.63) is 18.3 Å². The van der Waals surface area contributed by atoms with Crippen LogP contribution in [0.3, 0.4) is 0 Å². The Morgan fingerprint density at radius 1 is 1.47 bits per heavy atom. The van der Waals surface area contributed by atoms with Gasteiger partial charge in [-0.05, 0) is 38.8 Å². The fourth-order valence-corrected chi connectivity index (χ4v) is 1.43. The molecule has 0 aliphatic carbocycles. The third-order valence-corrected chi connectivity index (χ3v) is 2.37. The normalized spacial score (nSPS) is 12.5. The Morgan fingerprint density at radius 2 is 2.24 bits per heavy atom. The number of nitrogens with zero attached hydrogens (tertiary/aromatic N) is 1. The van der Waals surface area contributed by atoms with Gasteiger partial charge in [0.15, 0.2) is 11.6 Å². The largest absolute Gasteiger partial charge is 0.487 e. The van der Waals surface area contributed by atoms with Crippen molar-refractivity contribution in [2.45, 2.75) is 45.8 Å². The highest BCUT2D eigenvalue weighted by Gasteiger charge is 2.06. The van der Waals surface area contributed by atoms with Gasteiger partial charge >= 0.3 is 0 Å². The van der Waals surface area contributed by atoms with E-state index in [4.69, 9.17) is 4.74 Å². The van der Waals surface area contributed by atoms with Crippen LogP contribution in [0.15, 0.2) is 18.3 Å². The molecule has 1 unspecified atom stereocenters. The van der Waals surface area contributed by atoms with Crippen LogP contribution in [0.4, 0.5) is 5.82 Å². The number of pyridine rings is 1. The highest BCUT2D eigenvalue weighted by molar-refractivity contribution is 5.49. The molecule has 1 aromatic rings. The van der Waals surface area contributed by atoms with Crippen molar-refractivity contribution in [1.29, 1.82) is 0 Å². The number of hydrogen-bond acceptors (Lipinski definition) is 4. The molecule has 0 saturated heterocycles. The van der Waals surface area contributed by atoms with Crippen molar-refractivity contribution >= 4 is 5.82 Å². The van der Waals surface area contributed by atoms with Gasteiger partial charge in [-0.15, -0.1) is 0 Å². The Bertz CT molecular complexity index is 329. The highest BCUT2D eigenvalue weighted by atomic mass is 16.5. The molecule has 1 rings (SSSR count).